The molecule has 0 radical (unpaired) electrons. The van der Waals surface area contributed by atoms with Gasteiger partial charge < -0.3 is 30.4 Å². The Bertz CT molecular complexity index is 898. The molecule has 3 aromatic rings. The number of benzene rings is 1. The van der Waals surface area contributed by atoms with Gasteiger partial charge in [0.05, 0.1) is 26.1 Å². The molecule has 4 N–H and O–H groups in total. The number of aryl methyl sites for hydroxylation is 1. The number of nitrogens with zero attached hydrogens (tertiary/aromatic N) is 5. The number of hydrogen-bond acceptors (Lipinski definition) is 9. The van der Waals surface area contributed by atoms with Crippen LogP contribution in [0.5, 0.6) is 5.75 Å². The highest BCUT2D eigenvalue weighted by atomic mass is 16.5. The number of ether oxygens (including phenoxy) is 1. The van der Waals surface area contributed by atoms with Gasteiger partial charge in [0.2, 0.25) is 17.8 Å². The van der Waals surface area contributed by atoms with Crippen LogP contribution in [0.4, 0.5) is 17.8 Å². The van der Waals surface area contributed by atoms with Crippen LogP contribution in [0.3, 0.4) is 0 Å². The molecule has 3 rings (SSSR count). The molecule has 0 spiro atoms. The van der Waals surface area contributed by atoms with Crippen molar-refractivity contribution < 1.29 is 9.84 Å². The molecule has 10 heteroatoms. The highest BCUT2D eigenvalue weighted by Gasteiger charge is 2.11. The van der Waals surface area contributed by atoms with E-state index in [1.807, 2.05) is 42.0 Å². The van der Waals surface area contributed by atoms with Gasteiger partial charge in [-0.25, -0.2) is 4.98 Å². The largest absolute Gasteiger partial charge is 0.497 e. The fraction of sp³-hybridized carbons (Fsp3) is 0.429. The van der Waals surface area contributed by atoms with Gasteiger partial charge in [-0.1, -0.05) is 19.1 Å². The summed E-state index contributed by atoms with van der Waals surface area (Å²) in [6.45, 7) is 4.12. The first kappa shape index (κ1) is 22.3. The van der Waals surface area contributed by atoms with Crippen LogP contribution in [0.1, 0.15) is 25.3 Å². The van der Waals surface area contributed by atoms with Crippen LogP contribution < -0.4 is 20.7 Å². The Labute approximate surface area is 182 Å². The quantitative estimate of drug-likeness (QED) is 0.305. The second-order valence-electron chi connectivity index (χ2n) is 7.02. The molecule has 166 valence electrons. The van der Waals surface area contributed by atoms with Crippen LogP contribution in [0, 0.1) is 0 Å². The molecule has 2 heterocycles. The minimum Gasteiger partial charge on any atom is -0.497 e. The number of hydrogen-bond donors (Lipinski definition) is 4. The van der Waals surface area contributed by atoms with E-state index >= 15 is 0 Å². The van der Waals surface area contributed by atoms with Gasteiger partial charge in [0.15, 0.2) is 0 Å². The Balaban J connectivity index is 1.64. The molecule has 0 fully saturated rings. The summed E-state index contributed by atoms with van der Waals surface area (Å²) in [6, 6.07) is 7.68. The van der Waals surface area contributed by atoms with Gasteiger partial charge in [0, 0.05) is 32.0 Å². The van der Waals surface area contributed by atoms with E-state index in [1.165, 1.54) is 0 Å². The fourth-order valence-corrected chi connectivity index (χ4v) is 2.86. The van der Waals surface area contributed by atoms with E-state index in [9.17, 15) is 5.11 Å². The Morgan fingerprint density at radius 2 is 1.81 bits per heavy atom. The van der Waals surface area contributed by atoms with Crippen LogP contribution >= 0.6 is 0 Å². The molecule has 31 heavy (non-hydrogen) atoms. The summed E-state index contributed by atoms with van der Waals surface area (Å²) in [6.07, 6.45) is 7.15. The first-order valence-corrected chi connectivity index (χ1v) is 10.4. The molecule has 0 aliphatic carbocycles. The summed E-state index contributed by atoms with van der Waals surface area (Å²) in [4.78, 5) is 17.4. The van der Waals surface area contributed by atoms with Crippen molar-refractivity contribution in [3.05, 3.63) is 48.5 Å². The Morgan fingerprint density at radius 3 is 2.45 bits per heavy atom. The molecular weight excluding hydrogens is 396 g/mol. The van der Waals surface area contributed by atoms with Crippen LogP contribution in [0.25, 0.3) is 0 Å². The third-order valence-electron chi connectivity index (χ3n) is 4.73. The van der Waals surface area contributed by atoms with Crippen molar-refractivity contribution in [1.29, 1.82) is 0 Å². The topological polar surface area (TPSA) is 122 Å². The minimum absolute atomic E-state index is 0.00443. The second kappa shape index (κ2) is 11.7. The summed E-state index contributed by atoms with van der Waals surface area (Å²) in [5.41, 5.74) is 1.08. The number of nitrogens with one attached hydrogen (secondary N) is 3. The smallest absolute Gasteiger partial charge is 0.229 e. The highest BCUT2D eigenvalue weighted by molar-refractivity contribution is 5.43. The van der Waals surface area contributed by atoms with E-state index in [0.29, 0.717) is 30.9 Å². The Hall–Kier alpha value is -3.40. The number of imidazole rings is 1. The molecule has 0 amide bonds. The Morgan fingerprint density at radius 1 is 1.06 bits per heavy atom. The van der Waals surface area contributed by atoms with Crippen molar-refractivity contribution in [3.63, 3.8) is 0 Å². The maximum Gasteiger partial charge on any atom is 0.229 e. The molecule has 0 aliphatic heterocycles. The van der Waals surface area contributed by atoms with Gasteiger partial charge in [-0.15, -0.1) is 0 Å². The molecule has 0 unspecified atom stereocenters. The lowest BCUT2D eigenvalue weighted by Gasteiger charge is -2.16. The monoisotopic (exact) mass is 426 g/mol. The van der Waals surface area contributed by atoms with Crippen molar-refractivity contribution >= 4 is 17.8 Å². The van der Waals surface area contributed by atoms with Gasteiger partial charge >= 0.3 is 0 Å². The molecule has 0 bridgehead atoms. The molecule has 1 aromatic carbocycles. The standard InChI is InChI=1S/C21H30N8O2/c1-3-17(14-30)25-21-27-19(23-9-4-11-29-12-10-22-15-29)26-20(28-21)24-13-16-5-7-18(31-2)8-6-16/h5-8,10,12,15,17,30H,3-4,9,11,13-14H2,1-2H3,(H3,23,24,25,26,27,28)/t17-/m1/s1. The summed E-state index contributed by atoms with van der Waals surface area (Å²) in [7, 11) is 1.65. The van der Waals surface area contributed by atoms with Crippen LogP contribution in [-0.2, 0) is 13.1 Å². The Kier molecular flexibility index (Phi) is 8.41. The molecule has 10 nitrogen and oxygen atoms in total. The lowest BCUT2D eigenvalue weighted by molar-refractivity contribution is 0.271. The normalized spacial score (nSPS) is 11.7. The van der Waals surface area contributed by atoms with Gasteiger partial charge in [-0.3, -0.25) is 0 Å². The molecule has 0 aliphatic rings. The predicted octanol–water partition coefficient (Wildman–Crippen LogP) is 2.37. The zero-order chi connectivity index (χ0) is 21.9. The third kappa shape index (κ3) is 7.10. The summed E-state index contributed by atoms with van der Waals surface area (Å²) < 4.78 is 7.22. The van der Waals surface area contributed by atoms with E-state index in [4.69, 9.17) is 4.74 Å². The van der Waals surface area contributed by atoms with E-state index in [0.717, 1.165) is 30.7 Å². The van der Waals surface area contributed by atoms with Crippen LogP contribution in [0.15, 0.2) is 43.0 Å². The average molecular weight is 427 g/mol. The SMILES string of the molecule is CC[C@H](CO)Nc1nc(NCCCn2ccnc2)nc(NCc2ccc(OC)cc2)n1. The highest BCUT2D eigenvalue weighted by Crippen LogP contribution is 2.15. The number of methoxy groups -OCH3 is 1. The summed E-state index contributed by atoms with van der Waals surface area (Å²) in [5.74, 6) is 2.17. The first-order chi connectivity index (χ1) is 15.2. The zero-order valence-corrected chi connectivity index (χ0v) is 18.0. The molecule has 0 saturated carbocycles. The molecule has 0 saturated heterocycles. The number of aliphatic hydroxyl groups is 1. The van der Waals surface area contributed by atoms with Gasteiger partial charge in [0.25, 0.3) is 0 Å². The molecule has 1 atom stereocenters. The first-order valence-electron chi connectivity index (χ1n) is 10.4. The van der Waals surface area contributed by atoms with Gasteiger partial charge in [-0.05, 0) is 30.5 Å². The van der Waals surface area contributed by atoms with Crippen molar-refractivity contribution in [3.8, 4) is 5.75 Å². The van der Waals surface area contributed by atoms with Gasteiger partial charge in [-0.2, -0.15) is 15.0 Å². The zero-order valence-electron chi connectivity index (χ0n) is 18.0. The fourth-order valence-electron chi connectivity index (χ4n) is 2.86. The maximum atomic E-state index is 9.50. The van der Waals surface area contributed by atoms with Crippen molar-refractivity contribution in [2.45, 2.75) is 38.9 Å². The predicted molar refractivity (Wildman–Crippen MR) is 120 cm³/mol. The lowest BCUT2D eigenvalue weighted by Crippen LogP contribution is -2.25. The van der Waals surface area contributed by atoms with Crippen LogP contribution in [0.2, 0.25) is 0 Å². The molecular formula is C21H30N8O2. The minimum atomic E-state index is -0.120. The lowest BCUT2D eigenvalue weighted by atomic mass is 10.2. The molecule has 2 aromatic heterocycles. The second-order valence-corrected chi connectivity index (χ2v) is 7.02. The number of aliphatic hydroxyl groups excluding tert-OH is 1. The number of rotatable bonds is 13. The van der Waals surface area contributed by atoms with Crippen LogP contribution in [-0.4, -0.2) is 55.9 Å². The maximum absolute atomic E-state index is 9.50. The van der Waals surface area contributed by atoms with Gasteiger partial charge in [0.1, 0.15) is 5.75 Å². The third-order valence-corrected chi connectivity index (χ3v) is 4.73. The van der Waals surface area contributed by atoms with E-state index in [1.54, 1.807) is 19.6 Å². The van der Waals surface area contributed by atoms with Crippen molar-refractivity contribution in [2.75, 3.05) is 36.2 Å². The average Bonchev–Trinajstić information content (AvgIpc) is 3.33. The van der Waals surface area contributed by atoms with E-state index in [2.05, 4.69) is 35.9 Å². The van der Waals surface area contributed by atoms with Crippen molar-refractivity contribution in [1.82, 2.24) is 24.5 Å². The van der Waals surface area contributed by atoms with Crippen molar-refractivity contribution in [2.24, 2.45) is 0 Å². The van der Waals surface area contributed by atoms with E-state index in [-0.39, 0.29) is 12.6 Å². The number of anilines is 3. The summed E-state index contributed by atoms with van der Waals surface area (Å²) >= 11 is 0. The summed E-state index contributed by atoms with van der Waals surface area (Å²) in [5, 5.41) is 19.2. The number of aromatic nitrogens is 5. The van der Waals surface area contributed by atoms with E-state index < -0.39 is 0 Å².